The van der Waals surface area contributed by atoms with Crippen LogP contribution in [-0.2, 0) is 9.63 Å². The van der Waals surface area contributed by atoms with E-state index in [1.54, 1.807) is 0 Å². The van der Waals surface area contributed by atoms with Crippen LogP contribution in [0.15, 0.2) is 0 Å². The third kappa shape index (κ3) is 4.41. The summed E-state index contributed by atoms with van der Waals surface area (Å²) in [5, 5.41) is 25.7. The maximum absolute atomic E-state index is 10.2. The van der Waals surface area contributed by atoms with Crippen molar-refractivity contribution >= 4 is 18.1 Å². The van der Waals surface area contributed by atoms with Gasteiger partial charge in [-0.3, -0.25) is 5.21 Å². The van der Waals surface area contributed by atoms with Gasteiger partial charge in [-0.05, 0) is 0 Å². The summed E-state index contributed by atoms with van der Waals surface area (Å²) >= 11 is -0.256. The van der Waals surface area contributed by atoms with Gasteiger partial charge in [-0.25, -0.2) is 14.9 Å². The molecule has 0 bridgehead atoms. The summed E-state index contributed by atoms with van der Waals surface area (Å²) in [4.78, 5) is 23.7. The van der Waals surface area contributed by atoms with Crippen molar-refractivity contribution in [3.8, 4) is 6.07 Å². The predicted molar refractivity (Wildman–Crippen MR) is 33.1 cm³/mol. The van der Waals surface area contributed by atoms with Crippen molar-refractivity contribution in [3.63, 3.8) is 0 Å². The molecule has 0 aromatic carbocycles. The van der Waals surface area contributed by atoms with E-state index in [4.69, 9.17) is 10.5 Å². The molecule has 0 aromatic heterocycles. The van der Waals surface area contributed by atoms with E-state index in [0.717, 1.165) is 11.7 Å². The standard InChI is InChI=1S/C2H2N4O5S/c3-1-2(7)11-5(4-8)12-6(9)10/h4,8H. The number of nitrogens with one attached hydrogen (secondary N) is 1. The number of carbonyl (C=O) groups excluding carboxylic acids is 1. The molecule has 0 aliphatic carbocycles. The van der Waals surface area contributed by atoms with Crippen molar-refractivity contribution in [2.75, 3.05) is 0 Å². The zero-order chi connectivity index (χ0) is 9.56. The molecule has 0 saturated heterocycles. The van der Waals surface area contributed by atoms with Gasteiger partial charge in [0, 0.05) is 0 Å². The van der Waals surface area contributed by atoms with Crippen molar-refractivity contribution in [1.29, 1.82) is 5.26 Å². The fourth-order valence-corrected chi connectivity index (χ4v) is 0.470. The third-order valence-electron chi connectivity index (χ3n) is 0.480. The largest absolute Gasteiger partial charge is 0.432 e. The van der Waals surface area contributed by atoms with Gasteiger partial charge < -0.3 is 4.84 Å². The highest BCUT2D eigenvalue weighted by atomic mass is 32.2. The Hall–Kier alpha value is -1.41. The second-order valence-corrected chi connectivity index (χ2v) is 1.95. The lowest BCUT2D eigenvalue weighted by molar-refractivity contribution is -0.307. The molecule has 0 radical (unpaired) electrons. The molecule has 0 aromatic rings. The van der Waals surface area contributed by atoms with E-state index in [0.29, 0.717) is 0 Å². The monoisotopic (exact) mass is 194 g/mol. The number of nitrogens with zero attached hydrogens (tertiary/aromatic N) is 3. The number of hydrogen-bond donors (Lipinski definition) is 2. The highest BCUT2D eigenvalue weighted by molar-refractivity contribution is 7.90. The van der Waals surface area contributed by atoms with Crippen molar-refractivity contribution in [1.82, 2.24) is 10.2 Å². The summed E-state index contributed by atoms with van der Waals surface area (Å²) in [7, 11) is 0. The Morgan fingerprint density at radius 3 is 2.83 bits per heavy atom. The summed E-state index contributed by atoms with van der Waals surface area (Å²) in [5.41, 5.74) is 1.16. The summed E-state index contributed by atoms with van der Waals surface area (Å²) in [5.74, 6) is -1.40. The normalized spacial score (nSPS) is 9.08. The molecule has 0 heterocycles. The minimum absolute atomic E-state index is 0.00551. The van der Waals surface area contributed by atoms with Gasteiger partial charge >= 0.3 is 18.1 Å². The van der Waals surface area contributed by atoms with Gasteiger partial charge in [0.1, 0.15) is 4.33 Å². The molecule has 0 aliphatic heterocycles. The van der Waals surface area contributed by atoms with E-state index >= 15 is 0 Å². The maximum Gasteiger partial charge on any atom is 0.432 e. The van der Waals surface area contributed by atoms with E-state index in [-0.39, 0.29) is 16.7 Å². The SMILES string of the molecule is N#CC(=O)ON(NO)S[N+](=O)[O-]. The average Bonchev–Trinajstić information content (AvgIpc) is 2.02. The maximum atomic E-state index is 10.2. The lowest BCUT2D eigenvalue weighted by atomic mass is 10.8. The molecular weight excluding hydrogens is 192 g/mol. The van der Waals surface area contributed by atoms with Gasteiger partial charge in [0.2, 0.25) is 0 Å². The number of hydrogen-bond acceptors (Lipinski definition) is 9. The fourth-order valence-electron chi connectivity index (χ4n) is 0.212. The first-order valence-electron chi connectivity index (χ1n) is 2.24. The Labute approximate surface area is 69.8 Å². The van der Waals surface area contributed by atoms with E-state index in [1.165, 1.54) is 0 Å². The Bertz CT molecular complexity index is 224. The molecule has 9 nitrogen and oxygen atoms in total. The first-order chi connectivity index (χ1) is 5.60. The Kier molecular flexibility index (Phi) is 4.65. The molecule has 0 unspecified atom stereocenters. The highest BCUT2D eigenvalue weighted by Gasteiger charge is 2.19. The number of nitro groups is 1. The lowest BCUT2D eigenvalue weighted by Gasteiger charge is -2.06. The molecule has 0 saturated carbocycles. The van der Waals surface area contributed by atoms with Crippen LogP contribution in [0.1, 0.15) is 0 Å². The smallest absolute Gasteiger partial charge is 0.321 e. The van der Waals surface area contributed by atoms with Crippen LogP contribution in [-0.4, -0.2) is 20.1 Å². The van der Waals surface area contributed by atoms with Crippen LogP contribution in [0.4, 0.5) is 0 Å². The van der Waals surface area contributed by atoms with Gasteiger partial charge in [0.25, 0.3) is 0 Å². The van der Waals surface area contributed by atoms with Crippen LogP contribution in [0.3, 0.4) is 0 Å². The summed E-state index contributed by atoms with van der Waals surface area (Å²) in [6.45, 7) is 0. The van der Waals surface area contributed by atoms with Crippen LogP contribution < -0.4 is 5.59 Å². The molecule has 0 rings (SSSR count). The first kappa shape index (κ1) is 10.6. The van der Waals surface area contributed by atoms with Gasteiger partial charge in [-0.1, -0.05) is 5.59 Å². The van der Waals surface area contributed by atoms with E-state index in [1.807, 2.05) is 0 Å². The Balaban J connectivity index is 3.93. The van der Waals surface area contributed by atoms with Crippen LogP contribution in [0, 0.1) is 21.4 Å². The van der Waals surface area contributed by atoms with Crippen molar-refractivity contribution < 1.29 is 19.2 Å². The minimum atomic E-state index is -1.40. The van der Waals surface area contributed by atoms with Gasteiger partial charge in [-0.15, -0.1) is 0 Å². The number of rotatable bonds is 4. The molecule has 0 spiro atoms. The van der Waals surface area contributed by atoms with Gasteiger partial charge in [0.15, 0.2) is 6.07 Å². The fraction of sp³-hybridized carbons (Fsp3) is 0. The second kappa shape index (κ2) is 5.27. The van der Waals surface area contributed by atoms with Crippen LogP contribution >= 0.6 is 12.1 Å². The van der Waals surface area contributed by atoms with Gasteiger partial charge in [0.05, 0.1) is 4.58 Å². The number of nitriles is 1. The molecule has 0 amide bonds. The quantitative estimate of drug-likeness (QED) is 0.250. The molecular formula is C2H2N4O5S. The molecule has 0 aliphatic rings. The van der Waals surface area contributed by atoms with Crippen LogP contribution in [0.25, 0.3) is 0 Å². The summed E-state index contributed by atoms with van der Waals surface area (Å²) in [6.07, 6.45) is 0. The molecule has 66 valence electrons. The van der Waals surface area contributed by atoms with E-state index < -0.39 is 10.3 Å². The van der Waals surface area contributed by atoms with Crippen LogP contribution in [0.5, 0.6) is 0 Å². The summed E-state index contributed by atoms with van der Waals surface area (Å²) in [6, 6.07) is 1.01. The lowest BCUT2D eigenvalue weighted by Crippen LogP contribution is -2.32. The van der Waals surface area contributed by atoms with Crippen molar-refractivity contribution in [3.05, 3.63) is 10.1 Å². The number of hydrazine groups is 1. The van der Waals surface area contributed by atoms with E-state index in [2.05, 4.69) is 4.84 Å². The minimum Gasteiger partial charge on any atom is -0.321 e. The molecule has 0 atom stereocenters. The molecule has 10 heteroatoms. The average molecular weight is 194 g/mol. The Morgan fingerprint density at radius 1 is 1.92 bits per heavy atom. The molecule has 2 N–H and O–H groups in total. The van der Waals surface area contributed by atoms with Crippen molar-refractivity contribution in [2.45, 2.75) is 0 Å². The first-order valence-corrected chi connectivity index (χ1v) is 2.97. The zero-order valence-electron chi connectivity index (χ0n) is 5.33. The second-order valence-electron chi connectivity index (χ2n) is 1.15. The van der Waals surface area contributed by atoms with Crippen molar-refractivity contribution in [2.24, 2.45) is 0 Å². The molecule has 0 fully saturated rings. The summed E-state index contributed by atoms with van der Waals surface area (Å²) < 4.78 is -0.959. The third-order valence-corrected chi connectivity index (χ3v) is 0.917. The molecule has 12 heavy (non-hydrogen) atoms. The Morgan fingerprint density at radius 2 is 2.50 bits per heavy atom. The van der Waals surface area contributed by atoms with Gasteiger partial charge in [-0.2, -0.15) is 5.26 Å². The highest BCUT2D eigenvalue weighted by Crippen LogP contribution is 2.05. The van der Waals surface area contributed by atoms with E-state index in [9.17, 15) is 14.9 Å². The zero-order valence-corrected chi connectivity index (χ0v) is 6.15. The topological polar surface area (TPSA) is 129 Å². The number of carbonyl (C=O) groups is 1. The predicted octanol–water partition coefficient (Wildman–Crippen LogP) is -0.996. The van der Waals surface area contributed by atoms with Crippen LogP contribution in [0.2, 0.25) is 0 Å².